The van der Waals surface area contributed by atoms with E-state index in [1.807, 2.05) is 6.92 Å². The summed E-state index contributed by atoms with van der Waals surface area (Å²) >= 11 is 0. The summed E-state index contributed by atoms with van der Waals surface area (Å²) < 4.78 is 88.0. The number of ether oxygens (including phenoxy) is 1. The number of unbranched alkanes of at least 4 members (excludes halogenated alkanes) is 1. The second-order valence-electron chi connectivity index (χ2n) is 10.8. The predicted molar refractivity (Wildman–Crippen MR) is 159 cm³/mol. The molecule has 1 aliphatic carbocycles. The smallest absolute Gasteiger partial charge is 0.416 e. The highest BCUT2D eigenvalue weighted by molar-refractivity contribution is 5.85. The van der Waals surface area contributed by atoms with Gasteiger partial charge in [0.1, 0.15) is 0 Å². The van der Waals surface area contributed by atoms with Crippen molar-refractivity contribution in [2.75, 3.05) is 30.0 Å². The van der Waals surface area contributed by atoms with Crippen LogP contribution in [-0.4, -0.2) is 35.9 Å². The number of alkyl halides is 6. The van der Waals surface area contributed by atoms with Gasteiger partial charge in [-0.1, -0.05) is 6.07 Å². The lowest BCUT2D eigenvalue weighted by Gasteiger charge is -2.30. The first-order valence-corrected chi connectivity index (χ1v) is 14.3. The van der Waals surface area contributed by atoms with Crippen LogP contribution in [0.5, 0.6) is 0 Å². The van der Waals surface area contributed by atoms with Gasteiger partial charge in [0.25, 0.3) is 0 Å². The summed E-state index contributed by atoms with van der Waals surface area (Å²) in [5, 5.41) is 4.44. The summed E-state index contributed by atoms with van der Waals surface area (Å²) in [5.74, 6) is 0.164. The van der Waals surface area contributed by atoms with Gasteiger partial charge in [0.2, 0.25) is 0 Å². The summed E-state index contributed by atoms with van der Waals surface area (Å²) in [6, 6.07) is 7.65. The second-order valence-corrected chi connectivity index (χ2v) is 10.8. The van der Waals surface area contributed by atoms with Crippen LogP contribution in [0.25, 0.3) is 0 Å². The number of fused-ring (bicyclic) bond motifs is 1. The number of methoxy groups -OCH3 is 1. The Labute approximate surface area is 259 Å². The molecule has 0 atom stereocenters. The predicted octanol–water partition coefficient (Wildman–Crippen LogP) is 7.74. The topological polar surface area (TPSA) is 50.6 Å². The molecular weight excluding hydrogens is 610 g/mol. The third-order valence-electron chi connectivity index (χ3n) is 7.71. The summed E-state index contributed by atoms with van der Waals surface area (Å²) in [6.07, 6.45) is -3.62. The Morgan fingerprint density at radius 3 is 2.11 bits per heavy atom. The van der Waals surface area contributed by atoms with Crippen LogP contribution < -0.4 is 9.80 Å². The molecule has 0 spiro atoms. The van der Waals surface area contributed by atoms with E-state index in [9.17, 15) is 31.1 Å². The van der Waals surface area contributed by atoms with Crippen molar-refractivity contribution < 1.29 is 35.9 Å². The van der Waals surface area contributed by atoms with Crippen LogP contribution in [0, 0.1) is 0 Å². The van der Waals surface area contributed by atoms with E-state index < -0.39 is 23.5 Å². The third kappa shape index (κ3) is 8.83. The van der Waals surface area contributed by atoms with Crippen molar-refractivity contribution >= 4 is 29.9 Å². The van der Waals surface area contributed by atoms with Crippen LogP contribution in [-0.2, 0) is 54.9 Å². The Hall–Kier alpha value is -3.41. The molecule has 13 heteroatoms. The van der Waals surface area contributed by atoms with Crippen molar-refractivity contribution in [1.29, 1.82) is 0 Å². The molecule has 1 heterocycles. The monoisotopic (exact) mass is 646 g/mol. The van der Waals surface area contributed by atoms with Gasteiger partial charge in [-0.3, -0.25) is 9.48 Å². The first-order valence-electron chi connectivity index (χ1n) is 14.3. The van der Waals surface area contributed by atoms with Crippen molar-refractivity contribution in [3.63, 3.8) is 0 Å². The molecule has 0 radical (unpaired) electrons. The first-order chi connectivity index (χ1) is 20.3. The maximum atomic E-state index is 13.6. The molecule has 6 nitrogen and oxygen atoms in total. The maximum Gasteiger partial charge on any atom is 0.416 e. The molecule has 3 aromatic rings. The number of aromatic nitrogens is 2. The highest BCUT2D eigenvalue weighted by Gasteiger charge is 2.37. The van der Waals surface area contributed by atoms with E-state index in [2.05, 4.69) is 22.1 Å². The second kappa shape index (κ2) is 14.6. The molecule has 0 bridgehead atoms. The van der Waals surface area contributed by atoms with Crippen LogP contribution in [0.2, 0.25) is 0 Å². The number of nitrogens with zero attached hydrogens (tertiary/aromatic N) is 4. The van der Waals surface area contributed by atoms with E-state index in [1.165, 1.54) is 18.2 Å². The number of aryl methyl sites for hydroxylation is 3. The van der Waals surface area contributed by atoms with E-state index in [1.54, 1.807) is 28.9 Å². The largest absolute Gasteiger partial charge is 0.469 e. The van der Waals surface area contributed by atoms with Crippen LogP contribution >= 0.6 is 12.4 Å². The molecule has 0 N–H and O–H groups in total. The zero-order chi connectivity index (χ0) is 31.4. The maximum absolute atomic E-state index is 13.6. The van der Waals surface area contributed by atoms with Crippen molar-refractivity contribution in [2.24, 2.45) is 7.05 Å². The highest BCUT2D eigenvalue weighted by atomic mass is 35.5. The number of esters is 1. The first kappa shape index (κ1) is 35.1. The molecule has 0 aliphatic heterocycles. The van der Waals surface area contributed by atoms with Crippen molar-refractivity contribution in [1.82, 2.24) is 9.78 Å². The van der Waals surface area contributed by atoms with E-state index in [0.717, 1.165) is 49.1 Å². The van der Waals surface area contributed by atoms with Crippen LogP contribution in [0.4, 0.5) is 37.8 Å². The molecule has 0 saturated carbocycles. The standard InChI is InChI=1S/C31H36F6N4O2.ClH/c1-4-40(12-6-5-10-29(42)43-3)27-17-23-9-7-8-22(23)16-24(27)20-41(28-11-13-39(2)38-28)19-21-14-25(30(32,33)34)18-26(15-21)31(35,36)37;/h11,13-18H,4-10,12,19-20H2,1-3H3;1H. The molecule has 0 saturated heterocycles. The van der Waals surface area contributed by atoms with Gasteiger partial charge in [-0.15, -0.1) is 12.4 Å². The number of anilines is 2. The lowest BCUT2D eigenvalue weighted by molar-refractivity contribution is -0.143. The highest BCUT2D eigenvalue weighted by Crippen LogP contribution is 2.38. The summed E-state index contributed by atoms with van der Waals surface area (Å²) in [6.45, 7) is 3.37. The Balaban J connectivity index is 0.00000529. The molecular formula is C31H37ClF6N4O2. The summed E-state index contributed by atoms with van der Waals surface area (Å²) in [5.41, 5.74) is 1.49. The normalized spacial score (nSPS) is 12.9. The summed E-state index contributed by atoms with van der Waals surface area (Å²) in [7, 11) is 3.05. The van der Waals surface area contributed by atoms with Crippen LogP contribution in [0.15, 0.2) is 42.6 Å². The van der Waals surface area contributed by atoms with E-state index in [4.69, 9.17) is 4.74 Å². The zero-order valence-electron chi connectivity index (χ0n) is 24.9. The molecule has 242 valence electrons. The average molecular weight is 647 g/mol. The Bertz CT molecular complexity index is 1390. The fourth-order valence-corrected chi connectivity index (χ4v) is 5.53. The number of hydrogen-bond donors (Lipinski definition) is 0. The molecule has 1 aromatic heterocycles. The molecule has 0 fully saturated rings. The number of halogens is 7. The lowest BCUT2D eigenvalue weighted by Crippen LogP contribution is -2.29. The van der Waals surface area contributed by atoms with Gasteiger partial charge < -0.3 is 14.5 Å². The number of rotatable bonds is 12. The van der Waals surface area contributed by atoms with Gasteiger partial charge in [-0.05, 0) is 85.5 Å². The molecule has 0 amide bonds. The van der Waals surface area contributed by atoms with Gasteiger partial charge >= 0.3 is 18.3 Å². The molecule has 2 aromatic carbocycles. The Morgan fingerprint density at radius 1 is 0.932 bits per heavy atom. The van der Waals surface area contributed by atoms with E-state index in [0.29, 0.717) is 31.7 Å². The van der Waals surface area contributed by atoms with Crippen LogP contribution in [0.3, 0.4) is 0 Å². The van der Waals surface area contributed by atoms with Crippen molar-refractivity contribution in [3.8, 4) is 0 Å². The lowest BCUT2D eigenvalue weighted by atomic mass is 10.0. The minimum Gasteiger partial charge on any atom is -0.469 e. The Kier molecular flexibility index (Phi) is 11.6. The average Bonchev–Trinajstić information content (AvgIpc) is 3.59. The number of carbonyl (C=O) groups is 1. The number of benzene rings is 2. The molecule has 0 unspecified atom stereocenters. The zero-order valence-corrected chi connectivity index (χ0v) is 25.7. The van der Waals surface area contributed by atoms with Gasteiger partial charge in [-0.2, -0.15) is 31.4 Å². The molecule has 1 aliphatic rings. The number of hydrogen-bond acceptors (Lipinski definition) is 5. The third-order valence-corrected chi connectivity index (χ3v) is 7.71. The summed E-state index contributed by atoms with van der Waals surface area (Å²) in [4.78, 5) is 15.5. The minimum absolute atomic E-state index is 0. The number of carbonyl (C=O) groups excluding carboxylic acids is 1. The fraction of sp³-hybridized carbons (Fsp3) is 0.484. The SMILES string of the molecule is CCN(CCCCC(=O)OC)c1cc2c(cc1CN(Cc1cc(C(F)(F)F)cc(C(F)(F)F)c1)c1ccn(C)n1)CCC2.Cl. The van der Waals surface area contributed by atoms with Crippen molar-refractivity contribution in [3.05, 3.63) is 76.0 Å². The van der Waals surface area contributed by atoms with E-state index in [-0.39, 0.29) is 43.1 Å². The minimum atomic E-state index is -4.94. The van der Waals surface area contributed by atoms with Gasteiger partial charge in [-0.25, -0.2) is 0 Å². The van der Waals surface area contributed by atoms with Gasteiger partial charge in [0.15, 0.2) is 5.82 Å². The van der Waals surface area contributed by atoms with Crippen molar-refractivity contribution in [2.45, 2.75) is 70.9 Å². The Morgan fingerprint density at radius 2 is 1.57 bits per heavy atom. The quantitative estimate of drug-likeness (QED) is 0.114. The van der Waals surface area contributed by atoms with Gasteiger partial charge in [0, 0.05) is 57.6 Å². The fourth-order valence-electron chi connectivity index (χ4n) is 5.53. The molecule has 4 rings (SSSR count). The van der Waals surface area contributed by atoms with E-state index >= 15 is 0 Å². The molecule has 44 heavy (non-hydrogen) atoms. The van der Waals surface area contributed by atoms with Crippen LogP contribution in [0.1, 0.15) is 66.0 Å². The van der Waals surface area contributed by atoms with Gasteiger partial charge in [0.05, 0.1) is 18.2 Å².